The SMILES string of the molecule is N=C(N)Cc1c(O)cccc1Cl. The topological polar surface area (TPSA) is 70.1 Å². The molecule has 0 saturated heterocycles. The van der Waals surface area contributed by atoms with Gasteiger partial charge in [-0.25, -0.2) is 0 Å². The highest BCUT2D eigenvalue weighted by atomic mass is 35.5. The van der Waals surface area contributed by atoms with Gasteiger partial charge in [0.2, 0.25) is 0 Å². The second-order valence-electron chi connectivity index (χ2n) is 2.44. The highest BCUT2D eigenvalue weighted by Crippen LogP contribution is 2.25. The Balaban J connectivity index is 3.04. The van der Waals surface area contributed by atoms with E-state index in [0.29, 0.717) is 10.6 Å². The van der Waals surface area contributed by atoms with Crippen molar-refractivity contribution in [2.45, 2.75) is 6.42 Å². The minimum atomic E-state index is -0.0154. The molecule has 0 fully saturated rings. The zero-order valence-corrected chi connectivity index (χ0v) is 7.10. The van der Waals surface area contributed by atoms with Crippen LogP contribution in [0, 0.1) is 5.41 Å². The lowest BCUT2D eigenvalue weighted by Gasteiger charge is -2.04. The lowest BCUT2D eigenvalue weighted by molar-refractivity contribution is 0.470. The van der Waals surface area contributed by atoms with Gasteiger partial charge in [0.15, 0.2) is 0 Å². The minimum absolute atomic E-state index is 0.0154. The Morgan fingerprint density at radius 1 is 1.58 bits per heavy atom. The van der Waals surface area contributed by atoms with Crippen LogP contribution in [0.5, 0.6) is 5.75 Å². The summed E-state index contributed by atoms with van der Waals surface area (Å²) in [6.45, 7) is 0. The van der Waals surface area contributed by atoms with E-state index < -0.39 is 0 Å². The van der Waals surface area contributed by atoms with Crippen LogP contribution < -0.4 is 5.73 Å². The van der Waals surface area contributed by atoms with Crippen molar-refractivity contribution in [3.05, 3.63) is 28.8 Å². The molecule has 12 heavy (non-hydrogen) atoms. The molecule has 0 aliphatic heterocycles. The van der Waals surface area contributed by atoms with Crippen molar-refractivity contribution in [3.8, 4) is 5.75 Å². The quantitative estimate of drug-likeness (QED) is 0.482. The molecule has 0 radical (unpaired) electrons. The first-order valence-electron chi connectivity index (χ1n) is 3.40. The summed E-state index contributed by atoms with van der Waals surface area (Å²) in [5.74, 6) is 0.0658. The molecule has 0 atom stereocenters. The first kappa shape index (κ1) is 8.87. The molecule has 1 aromatic rings. The Morgan fingerprint density at radius 2 is 2.25 bits per heavy atom. The molecule has 1 aromatic carbocycles. The van der Waals surface area contributed by atoms with Crippen LogP contribution >= 0.6 is 11.6 Å². The number of phenols is 1. The van der Waals surface area contributed by atoms with E-state index in [1.54, 1.807) is 12.1 Å². The number of hydrogen-bond donors (Lipinski definition) is 3. The predicted octanol–water partition coefficient (Wildman–Crippen LogP) is 1.52. The number of nitrogens with one attached hydrogen (secondary N) is 1. The smallest absolute Gasteiger partial charge is 0.120 e. The van der Waals surface area contributed by atoms with E-state index in [1.807, 2.05) is 0 Å². The summed E-state index contributed by atoms with van der Waals surface area (Å²) in [7, 11) is 0. The van der Waals surface area contributed by atoms with Gasteiger partial charge < -0.3 is 10.8 Å². The Labute approximate surface area is 75.3 Å². The molecule has 4 heteroatoms. The highest BCUT2D eigenvalue weighted by molar-refractivity contribution is 6.31. The third-order valence-corrected chi connectivity index (χ3v) is 1.82. The molecular weight excluding hydrogens is 176 g/mol. The summed E-state index contributed by atoms with van der Waals surface area (Å²) >= 11 is 5.76. The van der Waals surface area contributed by atoms with E-state index in [1.165, 1.54) is 6.07 Å². The Morgan fingerprint density at radius 3 is 2.75 bits per heavy atom. The molecule has 0 saturated carbocycles. The molecule has 0 aromatic heterocycles. The fourth-order valence-corrected chi connectivity index (χ4v) is 1.15. The number of amidine groups is 1. The summed E-state index contributed by atoms with van der Waals surface area (Å²) < 4.78 is 0. The fourth-order valence-electron chi connectivity index (χ4n) is 0.913. The van der Waals surface area contributed by atoms with Crippen molar-refractivity contribution in [2.24, 2.45) is 5.73 Å². The lowest BCUT2D eigenvalue weighted by atomic mass is 10.1. The van der Waals surface area contributed by atoms with Gasteiger partial charge >= 0.3 is 0 Å². The molecule has 4 N–H and O–H groups in total. The Hall–Kier alpha value is -1.22. The van der Waals surface area contributed by atoms with Crippen LogP contribution in [-0.4, -0.2) is 10.9 Å². The van der Waals surface area contributed by atoms with Gasteiger partial charge in [0.25, 0.3) is 0 Å². The summed E-state index contributed by atoms with van der Waals surface area (Å²) in [4.78, 5) is 0. The van der Waals surface area contributed by atoms with Gasteiger partial charge in [0.05, 0.1) is 5.84 Å². The second-order valence-corrected chi connectivity index (χ2v) is 2.85. The van der Waals surface area contributed by atoms with Crippen LogP contribution in [0.2, 0.25) is 5.02 Å². The standard InChI is InChI=1S/C8H9ClN2O/c9-6-2-1-3-7(12)5(6)4-8(10)11/h1-3,12H,4H2,(H3,10,11). The van der Waals surface area contributed by atoms with E-state index in [0.717, 1.165) is 0 Å². The van der Waals surface area contributed by atoms with E-state index in [9.17, 15) is 5.11 Å². The zero-order valence-electron chi connectivity index (χ0n) is 6.34. The summed E-state index contributed by atoms with van der Waals surface area (Å²) in [6, 6.07) is 4.81. The first-order valence-corrected chi connectivity index (χ1v) is 3.78. The van der Waals surface area contributed by atoms with Gasteiger partial charge in [-0.15, -0.1) is 0 Å². The molecule has 0 amide bonds. The molecule has 1 rings (SSSR count). The number of halogens is 1. The van der Waals surface area contributed by atoms with Crippen LogP contribution in [0.3, 0.4) is 0 Å². The van der Waals surface area contributed by atoms with Crippen molar-refractivity contribution in [3.63, 3.8) is 0 Å². The van der Waals surface area contributed by atoms with E-state index >= 15 is 0 Å². The van der Waals surface area contributed by atoms with E-state index in [4.69, 9.17) is 22.7 Å². The van der Waals surface area contributed by atoms with Gasteiger partial charge in [-0.05, 0) is 12.1 Å². The van der Waals surface area contributed by atoms with Crippen LogP contribution in [0.1, 0.15) is 5.56 Å². The summed E-state index contributed by atoms with van der Waals surface area (Å²) in [5.41, 5.74) is 5.68. The number of phenolic OH excluding ortho intramolecular Hbond substituents is 1. The van der Waals surface area contributed by atoms with E-state index in [2.05, 4.69) is 0 Å². The van der Waals surface area contributed by atoms with Gasteiger partial charge in [-0.3, -0.25) is 5.41 Å². The fraction of sp³-hybridized carbons (Fsp3) is 0.125. The third-order valence-electron chi connectivity index (χ3n) is 1.46. The average molecular weight is 185 g/mol. The maximum Gasteiger partial charge on any atom is 0.120 e. The van der Waals surface area contributed by atoms with Crippen LogP contribution in [0.15, 0.2) is 18.2 Å². The maximum absolute atomic E-state index is 9.30. The number of hydrogen-bond acceptors (Lipinski definition) is 2. The minimum Gasteiger partial charge on any atom is -0.508 e. The van der Waals surface area contributed by atoms with Crippen LogP contribution in [0.25, 0.3) is 0 Å². The molecule has 0 spiro atoms. The molecule has 0 heterocycles. The number of benzene rings is 1. The van der Waals surface area contributed by atoms with Crippen molar-refractivity contribution in [2.75, 3.05) is 0 Å². The van der Waals surface area contributed by atoms with Crippen molar-refractivity contribution >= 4 is 17.4 Å². The molecular formula is C8H9ClN2O. The zero-order chi connectivity index (χ0) is 9.14. The molecule has 3 nitrogen and oxygen atoms in total. The van der Waals surface area contributed by atoms with Crippen LogP contribution in [-0.2, 0) is 6.42 Å². The molecule has 0 unspecified atom stereocenters. The average Bonchev–Trinajstić information content (AvgIpc) is 1.97. The summed E-state index contributed by atoms with van der Waals surface area (Å²) in [5, 5.41) is 16.8. The largest absolute Gasteiger partial charge is 0.508 e. The molecule has 0 aliphatic rings. The second kappa shape index (κ2) is 3.45. The molecule has 0 aliphatic carbocycles. The van der Waals surface area contributed by atoms with Crippen LogP contribution in [0.4, 0.5) is 0 Å². The first-order chi connectivity index (χ1) is 5.61. The number of nitrogens with two attached hydrogens (primary N) is 1. The van der Waals surface area contributed by atoms with Gasteiger partial charge in [0, 0.05) is 17.0 Å². The normalized spacial score (nSPS) is 9.75. The molecule has 64 valence electrons. The molecule has 0 bridgehead atoms. The number of rotatable bonds is 2. The van der Waals surface area contributed by atoms with Gasteiger partial charge in [-0.1, -0.05) is 17.7 Å². The Kier molecular flexibility index (Phi) is 2.55. The highest BCUT2D eigenvalue weighted by Gasteiger charge is 2.06. The third kappa shape index (κ3) is 1.89. The number of aromatic hydroxyl groups is 1. The van der Waals surface area contributed by atoms with Crippen molar-refractivity contribution in [1.82, 2.24) is 0 Å². The van der Waals surface area contributed by atoms with E-state index in [-0.39, 0.29) is 18.0 Å². The van der Waals surface area contributed by atoms with Crippen molar-refractivity contribution < 1.29 is 5.11 Å². The van der Waals surface area contributed by atoms with Crippen molar-refractivity contribution in [1.29, 1.82) is 5.41 Å². The maximum atomic E-state index is 9.30. The monoisotopic (exact) mass is 184 g/mol. The predicted molar refractivity (Wildman–Crippen MR) is 48.7 cm³/mol. The van der Waals surface area contributed by atoms with Gasteiger partial charge in [-0.2, -0.15) is 0 Å². The summed E-state index contributed by atoms with van der Waals surface area (Å²) in [6.07, 6.45) is 0.186. The lowest BCUT2D eigenvalue weighted by Crippen LogP contribution is -2.13. The Bertz CT molecular complexity index is 292. The van der Waals surface area contributed by atoms with Gasteiger partial charge in [0.1, 0.15) is 5.75 Å².